The molecule has 0 radical (unpaired) electrons. The fraction of sp³-hybridized carbons (Fsp3) is 0.421. The molecule has 2 aliphatic rings. The first-order chi connectivity index (χ1) is 12.7. The van der Waals surface area contributed by atoms with Gasteiger partial charge in [0.25, 0.3) is 5.91 Å². The second-order valence-electron chi connectivity index (χ2n) is 6.53. The van der Waals surface area contributed by atoms with Crippen molar-refractivity contribution in [1.82, 2.24) is 15.1 Å². The highest BCUT2D eigenvalue weighted by atomic mass is 16.5. The van der Waals surface area contributed by atoms with Crippen molar-refractivity contribution in [1.29, 1.82) is 0 Å². The third-order valence-corrected chi connectivity index (χ3v) is 5.00. The van der Waals surface area contributed by atoms with Crippen LogP contribution in [0, 0.1) is 5.92 Å². The number of amides is 1. The summed E-state index contributed by atoms with van der Waals surface area (Å²) in [5, 5.41) is 7.25. The summed E-state index contributed by atoms with van der Waals surface area (Å²) in [5.41, 5.74) is 2.94. The standard InChI is InChI=1S/C19H21N3O4/c1-2-25-19(24)12-7-9-22(10-8-12)18(23)17-14-11-26-15-6-4-3-5-13(15)16(14)20-21-17/h3-6,12H,2,7-11H2,1H3,(H,20,21). The van der Waals surface area contributed by atoms with Gasteiger partial charge >= 0.3 is 5.97 Å². The lowest BCUT2D eigenvalue weighted by Crippen LogP contribution is -2.41. The van der Waals surface area contributed by atoms with Gasteiger partial charge in [0.1, 0.15) is 23.7 Å². The molecule has 1 amide bonds. The van der Waals surface area contributed by atoms with Gasteiger partial charge in [0.15, 0.2) is 0 Å². The van der Waals surface area contributed by atoms with Gasteiger partial charge in [-0.25, -0.2) is 0 Å². The summed E-state index contributed by atoms with van der Waals surface area (Å²) in [6, 6.07) is 7.67. The van der Waals surface area contributed by atoms with Crippen LogP contribution in [0.1, 0.15) is 35.8 Å². The van der Waals surface area contributed by atoms with Gasteiger partial charge in [-0.2, -0.15) is 5.10 Å². The van der Waals surface area contributed by atoms with E-state index in [9.17, 15) is 9.59 Å². The topological polar surface area (TPSA) is 84.5 Å². The zero-order valence-electron chi connectivity index (χ0n) is 14.7. The van der Waals surface area contributed by atoms with Crippen LogP contribution in [0.2, 0.25) is 0 Å². The molecule has 7 heteroatoms. The molecule has 0 aliphatic carbocycles. The summed E-state index contributed by atoms with van der Waals surface area (Å²) >= 11 is 0. The molecule has 0 saturated carbocycles. The Labute approximate surface area is 151 Å². The highest BCUT2D eigenvalue weighted by molar-refractivity contribution is 5.96. The number of carbonyl (C=O) groups is 2. The maximum absolute atomic E-state index is 12.9. The fourth-order valence-electron chi connectivity index (χ4n) is 3.58. The Balaban J connectivity index is 1.50. The first kappa shape index (κ1) is 16.6. The lowest BCUT2D eigenvalue weighted by atomic mass is 9.96. The third-order valence-electron chi connectivity index (χ3n) is 5.00. The van der Waals surface area contributed by atoms with Crippen LogP contribution in [-0.2, 0) is 16.1 Å². The molecule has 3 heterocycles. The average molecular weight is 355 g/mol. The molecule has 2 aliphatic heterocycles. The van der Waals surface area contributed by atoms with E-state index >= 15 is 0 Å². The predicted molar refractivity (Wildman–Crippen MR) is 93.6 cm³/mol. The summed E-state index contributed by atoms with van der Waals surface area (Å²) < 4.78 is 10.9. The van der Waals surface area contributed by atoms with E-state index in [-0.39, 0.29) is 17.8 Å². The summed E-state index contributed by atoms with van der Waals surface area (Å²) in [6.07, 6.45) is 1.25. The van der Waals surface area contributed by atoms with Gasteiger partial charge in [-0.3, -0.25) is 14.7 Å². The van der Waals surface area contributed by atoms with Crippen LogP contribution in [0.4, 0.5) is 0 Å². The first-order valence-corrected chi connectivity index (χ1v) is 8.94. The van der Waals surface area contributed by atoms with Crippen LogP contribution >= 0.6 is 0 Å². The summed E-state index contributed by atoms with van der Waals surface area (Å²) in [5.74, 6) is 0.401. The number of ether oxygens (including phenoxy) is 2. The number of hydrogen-bond donors (Lipinski definition) is 1. The van der Waals surface area contributed by atoms with Crippen molar-refractivity contribution in [2.75, 3.05) is 19.7 Å². The molecular formula is C19H21N3O4. The number of nitrogens with one attached hydrogen (secondary N) is 1. The molecule has 1 N–H and O–H groups in total. The van der Waals surface area contributed by atoms with Crippen LogP contribution in [0.25, 0.3) is 11.3 Å². The van der Waals surface area contributed by atoms with Gasteiger partial charge in [0.2, 0.25) is 0 Å². The number of fused-ring (bicyclic) bond motifs is 3. The molecule has 0 spiro atoms. The number of rotatable bonds is 3. The van der Waals surface area contributed by atoms with Gasteiger partial charge < -0.3 is 14.4 Å². The summed E-state index contributed by atoms with van der Waals surface area (Å²) in [6.45, 7) is 3.59. The maximum Gasteiger partial charge on any atom is 0.309 e. The molecule has 7 nitrogen and oxygen atoms in total. The Hall–Kier alpha value is -2.83. The Morgan fingerprint density at radius 1 is 1.31 bits per heavy atom. The van der Waals surface area contributed by atoms with E-state index in [4.69, 9.17) is 9.47 Å². The van der Waals surface area contributed by atoms with Gasteiger partial charge in [-0.1, -0.05) is 12.1 Å². The van der Waals surface area contributed by atoms with E-state index in [1.54, 1.807) is 11.8 Å². The zero-order valence-corrected chi connectivity index (χ0v) is 14.7. The quantitative estimate of drug-likeness (QED) is 0.855. The number of aromatic nitrogens is 2. The minimum Gasteiger partial charge on any atom is -0.488 e. The number of carbonyl (C=O) groups excluding carboxylic acids is 2. The molecule has 0 atom stereocenters. The Morgan fingerprint density at radius 2 is 2.08 bits per heavy atom. The second kappa shape index (κ2) is 6.82. The molecule has 1 aromatic carbocycles. The Bertz CT molecular complexity index is 837. The van der Waals surface area contributed by atoms with E-state index in [2.05, 4.69) is 10.2 Å². The number of likely N-dealkylation sites (tertiary alicyclic amines) is 1. The Kier molecular flexibility index (Phi) is 4.36. The van der Waals surface area contributed by atoms with Crippen molar-refractivity contribution in [3.8, 4) is 17.0 Å². The number of piperidine rings is 1. The number of aromatic amines is 1. The molecule has 2 aromatic rings. The van der Waals surface area contributed by atoms with Crippen LogP contribution in [0.15, 0.2) is 24.3 Å². The van der Waals surface area contributed by atoms with Crippen LogP contribution in [0.5, 0.6) is 5.75 Å². The van der Waals surface area contributed by atoms with Gasteiger partial charge in [-0.15, -0.1) is 0 Å². The van der Waals surface area contributed by atoms with E-state index < -0.39 is 0 Å². The molecular weight excluding hydrogens is 334 g/mol. The maximum atomic E-state index is 12.9. The monoisotopic (exact) mass is 355 g/mol. The first-order valence-electron chi connectivity index (χ1n) is 8.94. The lowest BCUT2D eigenvalue weighted by molar-refractivity contribution is -0.149. The molecule has 0 unspecified atom stereocenters. The SMILES string of the molecule is CCOC(=O)C1CCN(C(=O)c2[nH]nc3c2COc2ccccc2-3)CC1. The van der Waals surface area contributed by atoms with E-state index in [1.165, 1.54) is 0 Å². The van der Waals surface area contributed by atoms with E-state index in [0.717, 1.165) is 22.6 Å². The predicted octanol–water partition coefficient (Wildman–Crippen LogP) is 2.38. The molecule has 26 heavy (non-hydrogen) atoms. The van der Waals surface area contributed by atoms with Crippen molar-refractivity contribution in [3.05, 3.63) is 35.5 Å². The van der Waals surface area contributed by atoms with Crippen molar-refractivity contribution in [3.63, 3.8) is 0 Å². The second-order valence-corrected chi connectivity index (χ2v) is 6.53. The number of esters is 1. The van der Waals surface area contributed by atoms with Crippen molar-refractivity contribution < 1.29 is 19.1 Å². The van der Waals surface area contributed by atoms with Crippen LogP contribution in [-0.4, -0.2) is 46.7 Å². The fourth-order valence-corrected chi connectivity index (χ4v) is 3.58. The molecule has 4 rings (SSSR count). The third kappa shape index (κ3) is 2.83. The number of nitrogens with zero attached hydrogens (tertiary/aromatic N) is 2. The highest BCUT2D eigenvalue weighted by Gasteiger charge is 2.32. The summed E-state index contributed by atoms with van der Waals surface area (Å²) in [4.78, 5) is 26.6. The normalized spacial score (nSPS) is 16.4. The zero-order chi connectivity index (χ0) is 18.1. The van der Waals surface area contributed by atoms with Crippen molar-refractivity contribution >= 4 is 11.9 Å². The highest BCUT2D eigenvalue weighted by Crippen LogP contribution is 2.37. The number of hydrogen-bond acceptors (Lipinski definition) is 5. The van der Waals surface area contributed by atoms with Gasteiger partial charge in [0.05, 0.1) is 12.5 Å². The van der Waals surface area contributed by atoms with E-state index in [0.29, 0.717) is 44.8 Å². The summed E-state index contributed by atoms with van der Waals surface area (Å²) in [7, 11) is 0. The smallest absolute Gasteiger partial charge is 0.309 e. The minimum atomic E-state index is -0.163. The van der Waals surface area contributed by atoms with Gasteiger partial charge in [-0.05, 0) is 31.9 Å². The molecule has 136 valence electrons. The Morgan fingerprint density at radius 3 is 2.85 bits per heavy atom. The van der Waals surface area contributed by atoms with Gasteiger partial charge in [0, 0.05) is 24.2 Å². The van der Waals surface area contributed by atoms with Crippen molar-refractivity contribution in [2.24, 2.45) is 5.92 Å². The van der Waals surface area contributed by atoms with E-state index in [1.807, 2.05) is 24.3 Å². The number of para-hydroxylation sites is 1. The van der Waals surface area contributed by atoms with Crippen LogP contribution < -0.4 is 4.74 Å². The molecule has 1 aromatic heterocycles. The molecule has 0 bridgehead atoms. The largest absolute Gasteiger partial charge is 0.488 e. The molecule has 1 saturated heterocycles. The van der Waals surface area contributed by atoms with Crippen molar-refractivity contribution in [2.45, 2.75) is 26.4 Å². The lowest BCUT2D eigenvalue weighted by Gasteiger charge is -2.30. The minimum absolute atomic E-state index is 0.0935. The number of benzene rings is 1. The average Bonchev–Trinajstić information content (AvgIpc) is 3.12. The van der Waals surface area contributed by atoms with Crippen LogP contribution in [0.3, 0.4) is 0 Å². The molecule has 1 fully saturated rings. The number of H-pyrrole nitrogens is 1.